The molecule has 3 rings (SSSR count). The molecule has 0 saturated carbocycles. The molecule has 5 nitrogen and oxygen atoms in total. The van der Waals surface area contributed by atoms with E-state index in [0.717, 1.165) is 16.9 Å². The molecule has 1 N–H and O–H groups in total. The van der Waals surface area contributed by atoms with E-state index in [9.17, 15) is 9.59 Å². The lowest BCUT2D eigenvalue weighted by molar-refractivity contribution is 0.0950. The van der Waals surface area contributed by atoms with Crippen LogP contribution >= 0.6 is 0 Å². The van der Waals surface area contributed by atoms with Crippen molar-refractivity contribution in [2.24, 2.45) is 0 Å². The molecule has 5 heteroatoms. The van der Waals surface area contributed by atoms with Crippen molar-refractivity contribution in [2.45, 2.75) is 13.3 Å². The molecule has 3 aromatic rings. The minimum atomic E-state index is -0.635. The summed E-state index contributed by atoms with van der Waals surface area (Å²) in [5.41, 5.74) is 1.97. The Balaban J connectivity index is 1.72. The van der Waals surface area contributed by atoms with Crippen LogP contribution in [0.25, 0.3) is 11.0 Å². The molecule has 0 aliphatic heterocycles. The zero-order chi connectivity index (χ0) is 17.8. The van der Waals surface area contributed by atoms with Gasteiger partial charge in [0.1, 0.15) is 16.9 Å². The fraction of sp³-hybridized carbons (Fsp3) is 0.200. The number of nitrogens with one attached hydrogen (secondary N) is 1. The second kappa shape index (κ2) is 7.21. The summed E-state index contributed by atoms with van der Waals surface area (Å²) in [6.07, 6.45) is 0.607. The van der Waals surface area contributed by atoms with Crippen molar-refractivity contribution in [3.63, 3.8) is 0 Å². The van der Waals surface area contributed by atoms with Crippen molar-refractivity contribution < 1.29 is 13.9 Å². The van der Waals surface area contributed by atoms with Crippen LogP contribution in [-0.2, 0) is 6.42 Å². The van der Waals surface area contributed by atoms with E-state index in [0.29, 0.717) is 23.9 Å². The summed E-state index contributed by atoms with van der Waals surface area (Å²) < 4.78 is 10.5. The lowest BCUT2D eigenvalue weighted by Gasteiger charge is -2.10. The van der Waals surface area contributed by atoms with Crippen LogP contribution in [-0.4, -0.2) is 19.6 Å². The van der Waals surface area contributed by atoms with Gasteiger partial charge in [0.25, 0.3) is 5.91 Å². The van der Waals surface area contributed by atoms with E-state index >= 15 is 0 Å². The number of aryl methyl sites for hydroxylation is 1. The molecular formula is C20H19NO4. The second-order valence-electron chi connectivity index (χ2n) is 5.81. The van der Waals surface area contributed by atoms with Crippen molar-refractivity contribution in [3.8, 4) is 5.75 Å². The Labute approximate surface area is 145 Å². The number of amides is 1. The van der Waals surface area contributed by atoms with Crippen LogP contribution in [0.4, 0.5) is 0 Å². The van der Waals surface area contributed by atoms with E-state index in [-0.39, 0.29) is 5.56 Å². The Hall–Kier alpha value is -3.08. The first-order valence-electron chi connectivity index (χ1n) is 8.03. The number of benzene rings is 2. The molecule has 25 heavy (non-hydrogen) atoms. The SMILES string of the molecule is COc1ccc(C)cc1CCNC(=O)c1cc2ccccc2oc1=O. The third kappa shape index (κ3) is 3.71. The van der Waals surface area contributed by atoms with E-state index < -0.39 is 11.5 Å². The Morgan fingerprint density at radius 3 is 2.76 bits per heavy atom. The lowest BCUT2D eigenvalue weighted by Crippen LogP contribution is -2.30. The summed E-state index contributed by atoms with van der Waals surface area (Å²) in [6, 6.07) is 14.6. The molecule has 0 fully saturated rings. The van der Waals surface area contributed by atoms with Crippen LogP contribution in [0, 0.1) is 6.92 Å². The second-order valence-corrected chi connectivity index (χ2v) is 5.81. The smallest absolute Gasteiger partial charge is 0.349 e. The molecule has 0 aliphatic carbocycles. The molecular weight excluding hydrogens is 318 g/mol. The molecule has 2 aromatic carbocycles. The first-order chi connectivity index (χ1) is 12.1. The Morgan fingerprint density at radius 2 is 1.96 bits per heavy atom. The highest BCUT2D eigenvalue weighted by molar-refractivity contribution is 5.96. The topological polar surface area (TPSA) is 68.5 Å². The standard InChI is InChI=1S/C20H19NO4/c1-13-7-8-17(24-2)15(11-13)9-10-21-19(22)16-12-14-5-3-4-6-18(14)25-20(16)23/h3-8,11-12H,9-10H2,1-2H3,(H,21,22). The number of rotatable bonds is 5. The number of hydrogen-bond acceptors (Lipinski definition) is 4. The summed E-state index contributed by atoms with van der Waals surface area (Å²) in [6.45, 7) is 2.40. The van der Waals surface area contributed by atoms with Crippen LogP contribution in [0.15, 0.2) is 57.7 Å². The Morgan fingerprint density at radius 1 is 1.16 bits per heavy atom. The number of methoxy groups -OCH3 is 1. The van der Waals surface area contributed by atoms with Gasteiger partial charge in [0.15, 0.2) is 0 Å². The van der Waals surface area contributed by atoms with Crippen molar-refractivity contribution in [3.05, 3.63) is 75.6 Å². The molecule has 0 bridgehead atoms. The molecule has 1 heterocycles. The van der Waals surface area contributed by atoms with Gasteiger partial charge in [-0.2, -0.15) is 0 Å². The molecule has 0 radical (unpaired) electrons. The number of hydrogen-bond donors (Lipinski definition) is 1. The highest BCUT2D eigenvalue weighted by Gasteiger charge is 2.13. The maximum absolute atomic E-state index is 12.3. The van der Waals surface area contributed by atoms with Gasteiger partial charge in [-0.25, -0.2) is 4.79 Å². The average molecular weight is 337 g/mol. The summed E-state index contributed by atoms with van der Waals surface area (Å²) in [5.74, 6) is 0.344. The van der Waals surface area contributed by atoms with Crippen LogP contribution in [0.1, 0.15) is 21.5 Å². The summed E-state index contributed by atoms with van der Waals surface area (Å²) in [5, 5.41) is 3.48. The fourth-order valence-electron chi connectivity index (χ4n) is 2.73. The maximum atomic E-state index is 12.3. The van der Waals surface area contributed by atoms with Gasteiger partial charge >= 0.3 is 5.63 Å². The maximum Gasteiger partial charge on any atom is 0.349 e. The highest BCUT2D eigenvalue weighted by Crippen LogP contribution is 2.19. The van der Waals surface area contributed by atoms with Gasteiger partial charge in [-0.05, 0) is 37.1 Å². The summed E-state index contributed by atoms with van der Waals surface area (Å²) in [4.78, 5) is 24.3. The van der Waals surface area contributed by atoms with Crippen LogP contribution in [0.3, 0.4) is 0 Å². The predicted molar refractivity (Wildman–Crippen MR) is 96.3 cm³/mol. The van der Waals surface area contributed by atoms with Gasteiger partial charge in [-0.15, -0.1) is 0 Å². The first-order valence-corrected chi connectivity index (χ1v) is 8.03. The van der Waals surface area contributed by atoms with E-state index in [4.69, 9.17) is 9.15 Å². The lowest BCUT2D eigenvalue weighted by atomic mass is 10.1. The van der Waals surface area contributed by atoms with Crippen molar-refractivity contribution in [2.75, 3.05) is 13.7 Å². The van der Waals surface area contributed by atoms with E-state index in [1.54, 1.807) is 31.4 Å². The predicted octanol–water partition coefficient (Wildman–Crippen LogP) is 3.08. The third-order valence-corrected chi connectivity index (χ3v) is 4.00. The number of para-hydroxylation sites is 1. The summed E-state index contributed by atoms with van der Waals surface area (Å²) >= 11 is 0. The molecule has 0 unspecified atom stereocenters. The van der Waals surface area contributed by atoms with Gasteiger partial charge in [0.05, 0.1) is 7.11 Å². The van der Waals surface area contributed by atoms with Gasteiger partial charge in [0.2, 0.25) is 0 Å². The minimum Gasteiger partial charge on any atom is -0.496 e. The van der Waals surface area contributed by atoms with Gasteiger partial charge in [0, 0.05) is 11.9 Å². The molecule has 0 aliphatic rings. The average Bonchev–Trinajstić information content (AvgIpc) is 2.61. The number of ether oxygens (including phenoxy) is 1. The molecule has 1 amide bonds. The Kier molecular flexibility index (Phi) is 4.84. The quantitative estimate of drug-likeness (QED) is 0.727. The van der Waals surface area contributed by atoms with Crippen molar-refractivity contribution in [1.82, 2.24) is 5.32 Å². The Bertz CT molecular complexity index is 975. The molecule has 1 aromatic heterocycles. The molecule has 0 saturated heterocycles. The van der Waals surface area contributed by atoms with Crippen LogP contribution < -0.4 is 15.7 Å². The van der Waals surface area contributed by atoms with Gasteiger partial charge < -0.3 is 14.5 Å². The van der Waals surface area contributed by atoms with Crippen molar-refractivity contribution in [1.29, 1.82) is 0 Å². The first kappa shape index (κ1) is 16.8. The molecule has 0 atom stereocenters. The van der Waals surface area contributed by atoms with Crippen LogP contribution in [0.2, 0.25) is 0 Å². The van der Waals surface area contributed by atoms with Gasteiger partial charge in [-0.1, -0.05) is 35.9 Å². The molecule has 128 valence electrons. The number of fused-ring (bicyclic) bond motifs is 1. The summed E-state index contributed by atoms with van der Waals surface area (Å²) in [7, 11) is 1.62. The highest BCUT2D eigenvalue weighted by atomic mass is 16.5. The zero-order valence-corrected chi connectivity index (χ0v) is 14.2. The largest absolute Gasteiger partial charge is 0.496 e. The zero-order valence-electron chi connectivity index (χ0n) is 14.2. The van der Waals surface area contributed by atoms with Gasteiger partial charge in [-0.3, -0.25) is 4.79 Å². The number of carbonyl (C=O) groups is 1. The monoisotopic (exact) mass is 337 g/mol. The third-order valence-electron chi connectivity index (χ3n) is 4.00. The van der Waals surface area contributed by atoms with E-state index in [1.807, 2.05) is 31.2 Å². The molecule has 0 spiro atoms. The normalized spacial score (nSPS) is 10.6. The minimum absolute atomic E-state index is 0.00917. The van der Waals surface area contributed by atoms with Crippen molar-refractivity contribution >= 4 is 16.9 Å². The van der Waals surface area contributed by atoms with E-state index in [1.165, 1.54) is 0 Å². The fourth-order valence-corrected chi connectivity index (χ4v) is 2.73. The van der Waals surface area contributed by atoms with E-state index in [2.05, 4.69) is 5.32 Å². The number of carbonyl (C=O) groups excluding carboxylic acids is 1. The van der Waals surface area contributed by atoms with Crippen LogP contribution in [0.5, 0.6) is 5.75 Å².